The molecular formula is C15H19N3. The molecule has 2 aromatic rings. The molecular weight excluding hydrogens is 222 g/mol. The highest BCUT2D eigenvalue weighted by Gasteiger charge is 2.22. The van der Waals surface area contributed by atoms with Gasteiger partial charge in [-0.2, -0.15) is 0 Å². The number of hydrogen-bond donors (Lipinski definition) is 1. The van der Waals surface area contributed by atoms with Crippen LogP contribution in [0, 0.1) is 5.92 Å². The molecule has 3 rings (SSSR count). The SMILES string of the molecule is CC1CCN(c2c(CN)cnc3ccccc23)C1. The van der Waals surface area contributed by atoms with Gasteiger partial charge in [-0.15, -0.1) is 0 Å². The van der Waals surface area contributed by atoms with E-state index in [2.05, 4.69) is 35.0 Å². The van der Waals surface area contributed by atoms with Crippen molar-refractivity contribution in [1.29, 1.82) is 0 Å². The summed E-state index contributed by atoms with van der Waals surface area (Å²) in [5.41, 5.74) is 9.39. The fourth-order valence-electron chi connectivity index (χ4n) is 2.83. The van der Waals surface area contributed by atoms with Gasteiger partial charge in [-0.3, -0.25) is 4.98 Å². The zero-order chi connectivity index (χ0) is 12.5. The highest BCUT2D eigenvalue weighted by Crippen LogP contribution is 2.32. The van der Waals surface area contributed by atoms with Crippen molar-refractivity contribution in [2.45, 2.75) is 19.9 Å². The van der Waals surface area contributed by atoms with E-state index in [-0.39, 0.29) is 0 Å². The minimum Gasteiger partial charge on any atom is -0.370 e. The Kier molecular flexibility index (Phi) is 2.92. The number of pyridine rings is 1. The van der Waals surface area contributed by atoms with E-state index >= 15 is 0 Å². The Bertz CT molecular complexity index is 565. The maximum atomic E-state index is 5.88. The Balaban J connectivity index is 2.17. The zero-order valence-corrected chi connectivity index (χ0v) is 10.8. The fourth-order valence-corrected chi connectivity index (χ4v) is 2.83. The minimum atomic E-state index is 0.554. The van der Waals surface area contributed by atoms with E-state index in [9.17, 15) is 0 Å². The third kappa shape index (κ3) is 1.85. The first kappa shape index (κ1) is 11.5. The lowest BCUT2D eigenvalue weighted by atomic mass is 10.1. The first-order valence-corrected chi connectivity index (χ1v) is 6.61. The lowest BCUT2D eigenvalue weighted by Gasteiger charge is -2.23. The molecule has 3 nitrogen and oxygen atoms in total. The van der Waals surface area contributed by atoms with Crippen molar-refractivity contribution in [3.63, 3.8) is 0 Å². The van der Waals surface area contributed by atoms with Crippen LogP contribution in [0.1, 0.15) is 18.9 Å². The van der Waals surface area contributed by atoms with Gasteiger partial charge in [-0.05, 0) is 18.4 Å². The van der Waals surface area contributed by atoms with E-state index in [0.29, 0.717) is 6.54 Å². The molecule has 1 aromatic carbocycles. The van der Waals surface area contributed by atoms with Gasteiger partial charge in [0.25, 0.3) is 0 Å². The molecule has 1 aliphatic rings. The van der Waals surface area contributed by atoms with Crippen molar-refractivity contribution in [3.05, 3.63) is 36.0 Å². The van der Waals surface area contributed by atoms with Gasteiger partial charge >= 0.3 is 0 Å². The summed E-state index contributed by atoms with van der Waals surface area (Å²) in [6, 6.07) is 8.33. The lowest BCUT2D eigenvalue weighted by molar-refractivity contribution is 0.659. The lowest BCUT2D eigenvalue weighted by Crippen LogP contribution is -2.22. The summed E-state index contributed by atoms with van der Waals surface area (Å²) in [6.45, 7) is 5.12. The van der Waals surface area contributed by atoms with Crippen molar-refractivity contribution in [2.75, 3.05) is 18.0 Å². The van der Waals surface area contributed by atoms with Crippen LogP contribution in [0.25, 0.3) is 10.9 Å². The minimum absolute atomic E-state index is 0.554. The Hall–Kier alpha value is -1.61. The van der Waals surface area contributed by atoms with Crippen LogP contribution in [-0.4, -0.2) is 18.1 Å². The van der Waals surface area contributed by atoms with Crippen molar-refractivity contribution >= 4 is 16.6 Å². The van der Waals surface area contributed by atoms with Crippen LogP contribution in [-0.2, 0) is 6.54 Å². The molecule has 2 heterocycles. The number of fused-ring (bicyclic) bond motifs is 1. The molecule has 1 atom stereocenters. The quantitative estimate of drug-likeness (QED) is 0.878. The van der Waals surface area contributed by atoms with E-state index in [0.717, 1.165) is 30.1 Å². The molecule has 1 fully saturated rings. The normalized spacial score (nSPS) is 19.7. The van der Waals surface area contributed by atoms with Crippen molar-refractivity contribution in [1.82, 2.24) is 4.98 Å². The van der Waals surface area contributed by atoms with Crippen LogP contribution < -0.4 is 10.6 Å². The average molecular weight is 241 g/mol. The molecule has 1 unspecified atom stereocenters. The number of nitrogens with two attached hydrogens (primary N) is 1. The monoisotopic (exact) mass is 241 g/mol. The van der Waals surface area contributed by atoms with Crippen molar-refractivity contribution in [2.24, 2.45) is 11.7 Å². The topological polar surface area (TPSA) is 42.1 Å². The standard InChI is InChI=1S/C15H19N3/c1-11-6-7-18(10-11)15-12(8-16)9-17-14-5-3-2-4-13(14)15/h2-5,9,11H,6-8,10,16H2,1H3. The Morgan fingerprint density at radius 3 is 2.94 bits per heavy atom. The summed E-state index contributed by atoms with van der Waals surface area (Å²) in [6.07, 6.45) is 3.20. The van der Waals surface area contributed by atoms with Crippen LogP contribution in [0.2, 0.25) is 0 Å². The second-order valence-electron chi connectivity index (χ2n) is 5.19. The van der Waals surface area contributed by atoms with E-state index in [1.165, 1.54) is 17.5 Å². The molecule has 0 bridgehead atoms. The summed E-state index contributed by atoms with van der Waals surface area (Å²) in [7, 11) is 0. The zero-order valence-electron chi connectivity index (χ0n) is 10.8. The van der Waals surface area contributed by atoms with E-state index in [4.69, 9.17) is 5.73 Å². The maximum absolute atomic E-state index is 5.88. The third-order valence-corrected chi connectivity index (χ3v) is 3.78. The van der Waals surface area contributed by atoms with Gasteiger partial charge in [0.15, 0.2) is 0 Å². The van der Waals surface area contributed by atoms with Crippen LogP contribution in [0.4, 0.5) is 5.69 Å². The summed E-state index contributed by atoms with van der Waals surface area (Å²) in [5.74, 6) is 0.766. The van der Waals surface area contributed by atoms with Gasteiger partial charge in [-0.1, -0.05) is 25.1 Å². The predicted molar refractivity (Wildman–Crippen MR) is 75.6 cm³/mol. The van der Waals surface area contributed by atoms with E-state index < -0.39 is 0 Å². The molecule has 94 valence electrons. The second-order valence-corrected chi connectivity index (χ2v) is 5.19. The molecule has 1 aliphatic heterocycles. The van der Waals surface area contributed by atoms with Crippen LogP contribution >= 0.6 is 0 Å². The smallest absolute Gasteiger partial charge is 0.0723 e. The first-order valence-electron chi connectivity index (χ1n) is 6.61. The largest absolute Gasteiger partial charge is 0.370 e. The Labute approximate surface area is 108 Å². The average Bonchev–Trinajstić information content (AvgIpc) is 2.83. The molecule has 3 heteroatoms. The summed E-state index contributed by atoms with van der Waals surface area (Å²) in [4.78, 5) is 6.97. The number of nitrogens with zero attached hydrogens (tertiary/aromatic N) is 2. The Morgan fingerprint density at radius 2 is 2.22 bits per heavy atom. The number of hydrogen-bond acceptors (Lipinski definition) is 3. The number of aromatic nitrogens is 1. The van der Waals surface area contributed by atoms with Crippen LogP contribution in [0.5, 0.6) is 0 Å². The van der Waals surface area contributed by atoms with Gasteiger partial charge < -0.3 is 10.6 Å². The molecule has 1 saturated heterocycles. The van der Waals surface area contributed by atoms with Crippen molar-refractivity contribution < 1.29 is 0 Å². The highest BCUT2D eigenvalue weighted by molar-refractivity contribution is 5.93. The van der Waals surface area contributed by atoms with Crippen LogP contribution in [0.15, 0.2) is 30.5 Å². The summed E-state index contributed by atoms with van der Waals surface area (Å²) < 4.78 is 0. The first-order chi connectivity index (χ1) is 8.79. The number of para-hydroxylation sites is 1. The molecule has 18 heavy (non-hydrogen) atoms. The molecule has 0 spiro atoms. The van der Waals surface area contributed by atoms with Gasteiger partial charge in [0, 0.05) is 36.8 Å². The summed E-state index contributed by atoms with van der Waals surface area (Å²) >= 11 is 0. The van der Waals surface area contributed by atoms with Gasteiger partial charge in [-0.25, -0.2) is 0 Å². The molecule has 1 aromatic heterocycles. The predicted octanol–water partition coefficient (Wildman–Crippen LogP) is 2.54. The van der Waals surface area contributed by atoms with Crippen molar-refractivity contribution in [3.8, 4) is 0 Å². The molecule has 2 N–H and O–H groups in total. The van der Waals surface area contributed by atoms with Crippen LogP contribution in [0.3, 0.4) is 0 Å². The fraction of sp³-hybridized carbons (Fsp3) is 0.400. The van der Waals surface area contributed by atoms with Gasteiger partial charge in [0.05, 0.1) is 11.2 Å². The number of benzene rings is 1. The van der Waals surface area contributed by atoms with E-state index in [1.54, 1.807) is 0 Å². The van der Waals surface area contributed by atoms with Gasteiger partial charge in [0.2, 0.25) is 0 Å². The Morgan fingerprint density at radius 1 is 1.39 bits per heavy atom. The van der Waals surface area contributed by atoms with E-state index in [1.807, 2.05) is 12.3 Å². The number of anilines is 1. The molecule has 0 saturated carbocycles. The summed E-state index contributed by atoms with van der Waals surface area (Å²) in [5, 5.41) is 1.23. The molecule has 0 amide bonds. The third-order valence-electron chi connectivity index (χ3n) is 3.78. The molecule has 0 aliphatic carbocycles. The maximum Gasteiger partial charge on any atom is 0.0723 e. The molecule has 0 radical (unpaired) electrons. The second kappa shape index (κ2) is 4.58. The van der Waals surface area contributed by atoms with Gasteiger partial charge in [0.1, 0.15) is 0 Å². The highest BCUT2D eigenvalue weighted by atomic mass is 15.2. The number of rotatable bonds is 2.